The van der Waals surface area contributed by atoms with Crippen LogP contribution in [-0.4, -0.2) is 34.1 Å². The van der Waals surface area contributed by atoms with E-state index in [1.54, 1.807) is 0 Å². The molecule has 1 saturated heterocycles. The maximum absolute atomic E-state index is 4.77. The van der Waals surface area contributed by atoms with Gasteiger partial charge in [-0.15, -0.1) is 0 Å². The largest absolute Gasteiger partial charge is 0.330 e. The Labute approximate surface area is 156 Å². The average molecular weight is 345 g/mol. The van der Waals surface area contributed by atoms with E-state index < -0.39 is 0 Å². The van der Waals surface area contributed by atoms with Gasteiger partial charge in [-0.05, 0) is 45.3 Å². The van der Waals surface area contributed by atoms with Crippen LogP contribution in [-0.2, 0) is 6.54 Å². The Hall–Kier alpha value is -2.39. The lowest BCUT2D eigenvalue weighted by atomic mass is 10.0. The third-order valence-electron chi connectivity index (χ3n) is 5.25. The second kappa shape index (κ2) is 8.33. The minimum Gasteiger partial charge on any atom is -0.330 e. The van der Waals surface area contributed by atoms with Crippen LogP contribution in [0.4, 0.5) is 0 Å². The second-order valence-corrected chi connectivity index (χ2v) is 7.12. The SMILES string of the molecule is c1ccc(-c2ncn(CCCCN3CCCC3)c2-c2ccccc2)cc1. The summed E-state index contributed by atoms with van der Waals surface area (Å²) in [5, 5.41) is 0. The van der Waals surface area contributed by atoms with Crippen molar-refractivity contribution in [3.63, 3.8) is 0 Å². The fourth-order valence-corrected chi connectivity index (χ4v) is 3.88. The Morgan fingerprint density at radius 1 is 0.731 bits per heavy atom. The van der Waals surface area contributed by atoms with Gasteiger partial charge in [-0.3, -0.25) is 0 Å². The molecule has 3 nitrogen and oxygen atoms in total. The molecule has 0 unspecified atom stereocenters. The number of likely N-dealkylation sites (tertiary alicyclic amines) is 1. The zero-order chi connectivity index (χ0) is 17.6. The van der Waals surface area contributed by atoms with E-state index >= 15 is 0 Å². The molecule has 0 spiro atoms. The minimum absolute atomic E-state index is 1.03. The van der Waals surface area contributed by atoms with Crippen LogP contribution in [0.3, 0.4) is 0 Å². The highest BCUT2D eigenvalue weighted by atomic mass is 15.1. The van der Waals surface area contributed by atoms with Crippen molar-refractivity contribution in [3.8, 4) is 22.5 Å². The number of aromatic nitrogens is 2. The van der Waals surface area contributed by atoms with E-state index in [4.69, 9.17) is 4.98 Å². The van der Waals surface area contributed by atoms with Crippen molar-refractivity contribution in [1.82, 2.24) is 14.5 Å². The van der Waals surface area contributed by atoms with Crippen molar-refractivity contribution in [1.29, 1.82) is 0 Å². The van der Waals surface area contributed by atoms with Crippen molar-refractivity contribution < 1.29 is 0 Å². The van der Waals surface area contributed by atoms with Crippen LogP contribution in [0.1, 0.15) is 25.7 Å². The number of hydrogen-bond donors (Lipinski definition) is 0. The highest BCUT2D eigenvalue weighted by Crippen LogP contribution is 2.31. The molecule has 2 aromatic carbocycles. The van der Waals surface area contributed by atoms with Gasteiger partial charge in [0.1, 0.15) is 0 Å². The normalized spacial score (nSPS) is 14.8. The molecular formula is C23H27N3. The topological polar surface area (TPSA) is 21.1 Å². The van der Waals surface area contributed by atoms with Crippen LogP contribution in [0.15, 0.2) is 67.0 Å². The zero-order valence-electron chi connectivity index (χ0n) is 15.3. The fourth-order valence-electron chi connectivity index (χ4n) is 3.88. The third-order valence-corrected chi connectivity index (χ3v) is 5.25. The molecule has 3 heteroatoms. The van der Waals surface area contributed by atoms with E-state index in [2.05, 4.69) is 70.1 Å². The Bertz CT molecular complexity index is 802. The molecule has 0 saturated carbocycles. The van der Waals surface area contributed by atoms with Gasteiger partial charge in [-0.25, -0.2) is 4.98 Å². The Morgan fingerprint density at radius 3 is 2.04 bits per heavy atom. The smallest absolute Gasteiger partial charge is 0.0963 e. The molecule has 134 valence electrons. The standard InChI is InChI=1S/C23H27N3/c1-3-11-20(12-4-1)22-23(21-13-5-2-6-14-21)26(19-24-22)18-10-9-17-25-15-7-8-16-25/h1-6,11-14,19H,7-10,15-18H2. The van der Waals surface area contributed by atoms with Gasteiger partial charge in [0.05, 0.1) is 17.7 Å². The molecule has 1 aliphatic rings. The number of nitrogens with zero attached hydrogens (tertiary/aromatic N) is 3. The highest BCUT2D eigenvalue weighted by Gasteiger charge is 2.15. The number of hydrogen-bond acceptors (Lipinski definition) is 2. The maximum Gasteiger partial charge on any atom is 0.0963 e. The summed E-state index contributed by atoms with van der Waals surface area (Å²) in [7, 11) is 0. The molecule has 0 N–H and O–H groups in total. The molecule has 4 rings (SSSR count). The lowest BCUT2D eigenvalue weighted by Crippen LogP contribution is -2.20. The van der Waals surface area contributed by atoms with Gasteiger partial charge < -0.3 is 9.47 Å². The summed E-state index contributed by atoms with van der Waals surface area (Å²) in [4.78, 5) is 7.37. The highest BCUT2D eigenvalue weighted by molar-refractivity contribution is 5.78. The lowest BCUT2D eigenvalue weighted by Gasteiger charge is -2.15. The van der Waals surface area contributed by atoms with Crippen molar-refractivity contribution in [2.24, 2.45) is 0 Å². The van der Waals surface area contributed by atoms with Gasteiger partial charge in [0.15, 0.2) is 0 Å². The molecule has 2 heterocycles. The Balaban J connectivity index is 1.53. The van der Waals surface area contributed by atoms with Crippen LogP contribution >= 0.6 is 0 Å². The van der Waals surface area contributed by atoms with Gasteiger partial charge in [0.2, 0.25) is 0 Å². The summed E-state index contributed by atoms with van der Waals surface area (Å²) >= 11 is 0. The van der Waals surface area contributed by atoms with Crippen molar-refractivity contribution in [2.45, 2.75) is 32.2 Å². The van der Waals surface area contributed by atoms with Crippen molar-refractivity contribution in [3.05, 3.63) is 67.0 Å². The van der Waals surface area contributed by atoms with Gasteiger partial charge in [0.25, 0.3) is 0 Å². The van der Waals surface area contributed by atoms with Crippen LogP contribution in [0, 0.1) is 0 Å². The van der Waals surface area contributed by atoms with E-state index in [1.807, 2.05) is 6.33 Å². The molecule has 0 atom stereocenters. The first-order valence-corrected chi connectivity index (χ1v) is 9.80. The monoisotopic (exact) mass is 345 g/mol. The van der Waals surface area contributed by atoms with Crippen LogP contribution in [0.5, 0.6) is 0 Å². The molecule has 0 radical (unpaired) electrons. The van der Waals surface area contributed by atoms with E-state index in [0.717, 1.165) is 12.2 Å². The Morgan fingerprint density at radius 2 is 1.35 bits per heavy atom. The zero-order valence-corrected chi connectivity index (χ0v) is 15.3. The predicted molar refractivity (Wildman–Crippen MR) is 108 cm³/mol. The first kappa shape index (κ1) is 17.0. The number of unbranched alkanes of at least 4 members (excludes halogenated alkanes) is 1. The molecule has 26 heavy (non-hydrogen) atoms. The van der Waals surface area contributed by atoms with E-state index in [9.17, 15) is 0 Å². The second-order valence-electron chi connectivity index (χ2n) is 7.12. The minimum atomic E-state index is 1.03. The van der Waals surface area contributed by atoms with Crippen molar-refractivity contribution in [2.75, 3.05) is 19.6 Å². The molecule has 0 aliphatic carbocycles. The molecule has 1 aromatic heterocycles. The molecule has 0 amide bonds. The molecular weight excluding hydrogens is 318 g/mol. The summed E-state index contributed by atoms with van der Waals surface area (Å²) in [6.45, 7) is 4.84. The van der Waals surface area contributed by atoms with Gasteiger partial charge >= 0.3 is 0 Å². The maximum atomic E-state index is 4.77. The number of imidazole rings is 1. The molecule has 1 aliphatic heterocycles. The van der Waals surface area contributed by atoms with E-state index in [0.29, 0.717) is 0 Å². The Kier molecular flexibility index (Phi) is 5.46. The quantitative estimate of drug-likeness (QED) is 0.556. The summed E-state index contributed by atoms with van der Waals surface area (Å²) < 4.78 is 2.33. The molecule has 3 aromatic rings. The van der Waals surface area contributed by atoms with E-state index in [-0.39, 0.29) is 0 Å². The summed E-state index contributed by atoms with van der Waals surface area (Å²) in [5.74, 6) is 0. The summed E-state index contributed by atoms with van der Waals surface area (Å²) in [6.07, 6.45) is 7.22. The lowest BCUT2D eigenvalue weighted by molar-refractivity contribution is 0.326. The van der Waals surface area contributed by atoms with E-state index in [1.165, 1.54) is 62.1 Å². The van der Waals surface area contributed by atoms with Crippen LogP contribution in [0.25, 0.3) is 22.5 Å². The van der Waals surface area contributed by atoms with Crippen LogP contribution < -0.4 is 0 Å². The molecule has 0 bridgehead atoms. The van der Waals surface area contributed by atoms with Crippen molar-refractivity contribution >= 4 is 0 Å². The first-order valence-electron chi connectivity index (χ1n) is 9.80. The van der Waals surface area contributed by atoms with Gasteiger partial charge in [-0.1, -0.05) is 60.7 Å². The average Bonchev–Trinajstić information content (AvgIpc) is 3.36. The third kappa shape index (κ3) is 3.88. The predicted octanol–water partition coefficient (Wildman–Crippen LogP) is 5.09. The number of benzene rings is 2. The van der Waals surface area contributed by atoms with Crippen LogP contribution in [0.2, 0.25) is 0 Å². The van der Waals surface area contributed by atoms with Gasteiger partial charge in [0, 0.05) is 17.7 Å². The van der Waals surface area contributed by atoms with Gasteiger partial charge in [-0.2, -0.15) is 0 Å². The molecule has 1 fully saturated rings. The fraction of sp³-hybridized carbons (Fsp3) is 0.348. The number of aryl methyl sites for hydroxylation is 1. The first-order chi connectivity index (χ1) is 12.9. The number of rotatable bonds is 7. The summed E-state index contributed by atoms with van der Waals surface area (Å²) in [5.41, 5.74) is 4.74. The summed E-state index contributed by atoms with van der Waals surface area (Å²) in [6, 6.07) is 21.2.